The first-order valence-electron chi connectivity index (χ1n) is 6.23. The maximum Gasteiger partial charge on any atom is 0.0320 e. The van der Waals surface area contributed by atoms with Gasteiger partial charge in [-0.25, -0.2) is 0 Å². The molecule has 1 aromatic carbocycles. The number of hydrogen-bond donors (Lipinski definition) is 1. The topological polar surface area (TPSA) is 12.0 Å². The zero-order valence-corrected chi connectivity index (χ0v) is 11.0. The average molecular weight is 235 g/mol. The third-order valence-corrected chi connectivity index (χ3v) is 4.10. The lowest BCUT2D eigenvalue weighted by Gasteiger charge is -2.16. The van der Waals surface area contributed by atoms with Crippen molar-refractivity contribution < 1.29 is 0 Å². The van der Waals surface area contributed by atoms with E-state index >= 15 is 0 Å². The van der Waals surface area contributed by atoms with Crippen LogP contribution >= 0.6 is 11.8 Å². The van der Waals surface area contributed by atoms with Gasteiger partial charge in [-0.1, -0.05) is 31.9 Å². The molecule has 1 atom stereocenters. The van der Waals surface area contributed by atoms with E-state index in [1.54, 1.807) is 0 Å². The molecule has 0 saturated heterocycles. The summed E-state index contributed by atoms with van der Waals surface area (Å²) < 4.78 is 0. The van der Waals surface area contributed by atoms with E-state index in [1.165, 1.54) is 29.7 Å². The van der Waals surface area contributed by atoms with Gasteiger partial charge in [-0.05, 0) is 42.8 Å². The molecule has 1 aliphatic rings. The molecule has 1 saturated carbocycles. The van der Waals surface area contributed by atoms with E-state index in [1.807, 2.05) is 11.8 Å². The number of rotatable bonds is 6. The minimum absolute atomic E-state index is 0.549. The second kappa shape index (κ2) is 5.74. The molecule has 1 unspecified atom stereocenters. The standard InChI is InChI=1S/C14H21NS/c1-3-16-13-8-6-12(7-9-13)14(15-2)10-11-4-5-11/h6-9,11,14-15H,3-5,10H2,1-2H3. The van der Waals surface area contributed by atoms with Gasteiger partial charge in [-0.15, -0.1) is 11.8 Å². The summed E-state index contributed by atoms with van der Waals surface area (Å²) in [5.74, 6) is 2.12. The highest BCUT2D eigenvalue weighted by Crippen LogP contribution is 2.37. The molecule has 16 heavy (non-hydrogen) atoms. The van der Waals surface area contributed by atoms with Crippen LogP contribution in [0.3, 0.4) is 0 Å². The van der Waals surface area contributed by atoms with Crippen molar-refractivity contribution in [3.8, 4) is 0 Å². The van der Waals surface area contributed by atoms with Crippen LogP contribution in [0.25, 0.3) is 0 Å². The summed E-state index contributed by atoms with van der Waals surface area (Å²) in [5, 5.41) is 3.43. The SMILES string of the molecule is CCSc1ccc(C(CC2CC2)NC)cc1. The first-order chi connectivity index (χ1) is 7.83. The van der Waals surface area contributed by atoms with Crippen molar-refractivity contribution in [2.75, 3.05) is 12.8 Å². The summed E-state index contributed by atoms with van der Waals surface area (Å²) >= 11 is 1.91. The molecule has 0 radical (unpaired) electrons. The molecule has 1 nitrogen and oxygen atoms in total. The van der Waals surface area contributed by atoms with Gasteiger partial charge in [0.1, 0.15) is 0 Å². The summed E-state index contributed by atoms with van der Waals surface area (Å²) in [4.78, 5) is 1.38. The first-order valence-corrected chi connectivity index (χ1v) is 7.22. The van der Waals surface area contributed by atoms with Crippen molar-refractivity contribution in [1.82, 2.24) is 5.32 Å². The number of thioether (sulfide) groups is 1. The summed E-state index contributed by atoms with van der Waals surface area (Å²) in [7, 11) is 2.07. The Labute approximate surface area is 103 Å². The fourth-order valence-corrected chi connectivity index (χ4v) is 2.73. The van der Waals surface area contributed by atoms with Gasteiger partial charge in [0.2, 0.25) is 0 Å². The predicted molar refractivity (Wildman–Crippen MR) is 72.0 cm³/mol. The molecular weight excluding hydrogens is 214 g/mol. The van der Waals surface area contributed by atoms with E-state index in [0.29, 0.717) is 6.04 Å². The Morgan fingerprint density at radius 1 is 1.31 bits per heavy atom. The highest BCUT2D eigenvalue weighted by Gasteiger charge is 2.25. The van der Waals surface area contributed by atoms with Gasteiger partial charge in [-0.2, -0.15) is 0 Å². The molecule has 1 fully saturated rings. The maximum atomic E-state index is 3.43. The Morgan fingerprint density at radius 3 is 2.50 bits per heavy atom. The average Bonchev–Trinajstić information content (AvgIpc) is 3.11. The predicted octanol–water partition coefficient (Wildman–Crippen LogP) is 3.86. The van der Waals surface area contributed by atoms with Crippen LogP contribution in [0.5, 0.6) is 0 Å². The van der Waals surface area contributed by atoms with Crippen LogP contribution in [-0.4, -0.2) is 12.8 Å². The van der Waals surface area contributed by atoms with Crippen LogP contribution in [0.4, 0.5) is 0 Å². The third-order valence-electron chi connectivity index (χ3n) is 3.21. The summed E-state index contributed by atoms with van der Waals surface area (Å²) in [6, 6.07) is 9.61. The third kappa shape index (κ3) is 3.26. The molecule has 0 heterocycles. The van der Waals surface area contributed by atoms with Crippen LogP contribution in [-0.2, 0) is 0 Å². The van der Waals surface area contributed by atoms with Gasteiger partial charge < -0.3 is 5.32 Å². The number of hydrogen-bond acceptors (Lipinski definition) is 2. The Hall–Kier alpha value is -0.470. The quantitative estimate of drug-likeness (QED) is 0.751. The fourth-order valence-electron chi connectivity index (χ4n) is 2.07. The molecule has 0 bridgehead atoms. The van der Waals surface area contributed by atoms with Crippen molar-refractivity contribution in [1.29, 1.82) is 0 Å². The fraction of sp³-hybridized carbons (Fsp3) is 0.571. The molecule has 0 amide bonds. The minimum Gasteiger partial charge on any atom is -0.313 e. The second-order valence-electron chi connectivity index (χ2n) is 4.52. The molecule has 2 heteroatoms. The van der Waals surface area contributed by atoms with Gasteiger partial charge in [0.25, 0.3) is 0 Å². The first kappa shape index (κ1) is 12.0. The Balaban J connectivity index is 1.99. The van der Waals surface area contributed by atoms with E-state index in [2.05, 4.69) is 43.6 Å². The van der Waals surface area contributed by atoms with Gasteiger partial charge in [0.05, 0.1) is 0 Å². The van der Waals surface area contributed by atoms with E-state index in [0.717, 1.165) is 11.7 Å². The van der Waals surface area contributed by atoms with E-state index < -0.39 is 0 Å². The summed E-state index contributed by atoms with van der Waals surface area (Å²) in [5.41, 5.74) is 1.44. The van der Waals surface area contributed by atoms with Crippen LogP contribution in [0, 0.1) is 5.92 Å². The van der Waals surface area contributed by atoms with Crippen LogP contribution < -0.4 is 5.32 Å². The smallest absolute Gasteiger partial charge is 0.0320 e. The molecular formula is C14H21NS. The zero-order valence-electron chi connectivity index (χ0n) is 10.2. The maximum absolute atomic E-state index is 3.43. The normalized spacial score (nSPS) is 17.4. The van der Waals surface area contributed by atoms with Crippen molar-refractivity contribution in [3.05, 3.63) is 29.8 Å². The lowest BCUT2D eigenvalue weighted by atomic mass is 10.0. The van der Waals surface area contributed by atoms with Crippen LogP contribution in [0.2, 0.25) is 0 Å². The number of benzene rings is 1. The highest BCUT2D eigenvalue weighted by atomic mass is 32.2. The van der Waals surface area contributed by atoms with Crippen LogP contribution in [0.1, 0.15) is 37.8 Å². The molecule has 1 aliphatic carbocycles. The molecule has 1 N–H and O–H groups in total. The molecule has 1 aromatic rings. The Morgan fingerprint density at radius 2 is 2.00 bits per heavy atom. The van der Waals surface area contributed by atoms with Gasteiger partial charge in [-0.3, -0.25) is 0 Å². The molecule has 88 valence electrons. The Kier molecular flexibility index (Phi) is 4.30. The highest BCUT2D eigenvalue weighted by molar-refractivity contribution is 7.99. The minimum atomic E-state index is 0.549. The number of nitrogens with one attached hydrogen (secondary N) is 1. The van der Waals surface area contributed by atoms with Crippen molar-refractivity contribution in [2.24, 2.45) is 5.92 Å². The van der Waals surface area contributed by atoms with E-state index in [-0.39, 0.29) is 0 Å². The van der Waals surface area contributed by atoms with Crippen molar-refractivity contribution in [3.63, 3.8) is 0 Å². The molecule has 0 spiro atoms. The lowest BCUT2D eigenvalue weighted by Crippen LogP contribution is -2.16. The van der Waals surface area contributed by atoms with Gasteiger partial charge in [0.15, 0.2) is 0 Å². The Bertz CT molecular complexity index is 316. The van der Waals surface area contributed by atoms with Crippen LogP contribution in [0.15, 0.2) is 29.2 Å². The van der Waals surface area contributed by atoms with E-state index in [4.69, 9.17) is 0 Å². The van der Waals surface area contributed by atoms with Crippen molar-refractivity contribution in [2.45, 2.75) is 37.1 Å². The second-order valence-corrected chi connectivity index (χ2v) is 5.86. The lowest BCUT2D eigenvalue weighted by molar-refractivity contribution is 0.514. The zero-order chi connectivity index (χ0) is 11.4. The molecule has 2 rings (SSSR count). The summed E-state index contributed by atoms with van der Waals surface area (Å²) in [6.45, 7) is 2.20. The van der Waals surface area contributed by atoms with E-state index in [9.17, 15) is 0 Å². The largest absolute Gasteiger partial charge is 0.313 e. The molecule has 0 aliphatic heterocycles. The summed E-state index contributed by atoms with van der Waals surface area (Å²) in [6.07, 6.45) is 4.17. The van der Waals surface area contributed by atoms with Crippen molar-refractivity contribution >= 4 is 11.8 Å². The van der Waals surface area contributed by atoms with Gasteiger partial charge >= 0.3 is 0 Å². The monoisotopic (exact) mass is 235 g/mol. The van der Waals surface area contributed by atoms with Gasteiger partial charge in [0, 0.05) is 10.9 Å². The molecule has 0 aromatic heterocycles.